The summed E-state index contributed by atoms with van der Waals surface area (Å²) in [5.41, 5.74) is 7.75. The Kier molecular flexibility index (Phi) is 9.85. The van der Waals surface area contributed by atoms with Crippen LogP contribution in [0.5, 0.6) is 5.75 Å². The van der Waals surface area contributed by atoms with Crippen LogP contribution in [0.1, 0.15) is 66.4 Å². The quantitative estimate of drug-likeness (QED) is 0.364. The average Bonchev–Trinajstić information content (AvgIpc) is 2.91. The van der Waals surface area contributed by atoms with Crippen molar-refractivity contribution in [2.24, 2.45) is 0 Å². The second-order valence-electron chi connectivity index (χ2n) is 9.10. The maximum Gasteiger partial charge on any atom is 0.130 e. The van der Waals surface area contributed by atoms with Gasteiger partial charge in [0, 0.05) is 49.7 Å². The van der Waals surface area contributed by atoms with Crippen LogP contribution >= 0.6 is 0 Å². The molecular formula is C30H42N2O2. The number of allylic oxidation sites excluding steroid dienone is 7. The molecule has 0 atom stereocenters. The molecule has 1 aliphatic rings. The molecule has 0 fully saturated rings. The Morgan fingerprint density at radius 2 is 1.88 bits per heavy atom. The summed E-state index contributed by atoms with van der Waals surface area (Å²) in [4.78, 5) is 4.39. The number of rotatable bonds is 8. The number of hydrogen-bond acceptors (Lipinski definition) is 4. The molecule has 184 valence electrons. The third-order valence-electron chi connectivity index (χ3n) is 5.85. The summed E-state index contributed by atoms with van der Waals surface area (Å²) in [6.07, 6.45) is 11.4. The van der Waals surface area contributed by atoms with Crippen LogP contribution in [0.3, 0.4) is 0 Å². The van der Waals surface area contributed by atoms with E-state index in [1.165, 1.54) is 5.70 Å². The van der Waals surface area contributed by atoms with Crippen LogP contribution in [0.15, 0.2) is 83.3 Å². The average molecular weight is 463 g/mol. The first-order chi connectivity index (χ1) is 16.1. The third-order valence-corrected chi connectivity index (χ3v) is 5.85. The summed E-state index contributed by atoms with van der Waals surface area (Å²) < 4.78 is 11.9. The number of anilines is 1. The van der Waals surface area contributed by atoms with Gasteiger partial charge in [-0.15, -0.1) is 0 Å². The molecule has 2 rings (SSSR count). The van der Waals surface area contributed by atoms with Gasteiger partial charge >= 0.3 is 0 Å². The molecule has 0 unspecified atom stereocenters. The Hall–Kier alpha value is -3.14. The fraction of sp³-hybridized carbons (Fsp3) is 0.400. The molecule has 1 aliphatic heterocycles. The van der Waals surface area contributed by atoms with Crippen molar-refractivity contribution >= 4 is 11.3 Å². The van der Waals surface area contributed by atoms with Gasteiger partial charge < -0.3 is 19.3 Å². The molecule has 0 spiro atoms. The van der Waals surface area contributed by atoms with Crippen LogP contribution in [0.2, 0.25) is 0 Å². The highest BCUT2D eigenvalue weighted by Crippen LogP contribution is 2.44. The molecule has 1 aromatic rings. The lowest BCUT2D eigenvalue weighted by Crippen LogP contribution is -2.18. The van der Waals surface area contributed by atoms with Gasteiger partial charge in [-0.1, -0.05) is 26.0 Å². The largest absolute Gasteiger partial charge is 0.497 e. The maximum absolute atomic E-state index is 6.32. The molecule has 0 aromatic heterocycles. The van der Waals surface area contributed by atoms with E-state index < -0.39 is 0 Å². The van der Waals surface area contributed by atoms with Crippen molar-refractivity contribution in [3.8, 4) is 5.75 Å². The minimum absolute atomic E-state index is 0.728. The number of ether oxygens (including phenoxy) is 2. The first-order valence-corrected chi connectivity index (χ1v) is 12.0. The van der Waals surface area contributed by atoms with Gasteiger partial charge in [-0.2, -0.15) is 0 Å². The number of methoxy groups -OCH3 is 1. The van der Waals surface area contributed by atoms with Gasteiger partial charge in [0.1, 0.15) is 11.5 Å². The van der Waals surface area contributed by atoms with Gasteiger partial charge in [0.15, 0.2) is 0 Å². The van der Waals surface area contributed by atoms with Crippen molar-refractivity contribution in [2.75, 3.05) is 26.1 Å². The van der Waals surface area contributed by atoms with Crippen LogP contribution in [0.4, 0.5) is 5.69 Å². The van der Waals surface area contributed by atoms with Crippen LogP contribution in [0.25, 0.3) is 5.57 Å². The Morgan fingerprint density at radius 1 is 1.18 bits per heavy atom. The maximum atomic E-state index is 6.32. The number of nitrogens with zero attached hydrogens (tertiary/aromatic N) is 2. The molecule has 0 saturated carbocycles. The van der Waals surface area contributed by atoms with Crippen LogP contribution in [-0.2, 0) is 4.74 Å². The molecule has 34 heavy (non-hydrogen) atoms. The second kappa shape index (κ2) is 12.4. The van der Waals surface area contributed by atoms with Gasteiger partial charge in [0.2, 0.25) is 0 Å². The van der Waals surface area contributed by atoms with Gasteiger partial charge in [0.05, 0.1) is 18.6 Å². The van der Waals surface area contributed by atoms with E-state index in [9.17, 15) is 0 Å². The lowest BCUT2D eigenvalue weighted by atomic mass is 9.96. The van der Waals surface area contributed by atoms with E-state index in [0.29, 0.717) is 0 Å². The number of fused-ring (bicyclic) bond motifs is 1. The van der Waals surface area contributed by atoms with E-state index >= 15 is 0 Å². The van der Waals surface area contributed by atoms with Crippen molar-refractivity contribution in [2.45, 2.75) is 60.8 Å². The summed E-state index contributed by atoms with van der Waals surface area (Å²) in [5.74, 6) is 2.62. The lowest BCUT2D eigenvalue weighted by Gasteiger charge is -2.27. The highest BCUT2D eigenvalue weighted by Gasteiger charge is 2.27. The second-order valence-corrected chi connectivity index (χ2v) is 9.10. The van der Waals surface area contributed by atoms with Crippen molar-refractivity contribution in [1.82, 2.24) is 4.90 Å². The smallest absolute Gasteiger partial charge is 0.130 e. The highest BCUT2D eigenvalue weighted by molar-refractivity contribution is 5.89. The van der Waals surface area contributed by atoms with Gasteiger partial charge in [-0.05, 0) is 82.0 Å². The van der Waals surface area contributed by atoms with E-state index in [1.807, 2.05) is 40.1 Å². The Labute approximate surface area is 207 Å². The van der Waals surface area contributed by atoms with Crippen LogP contribution in [-0.4, -0.2) is 26.1 Å². The predicted molar refractivity (Wildman–Crippen MR) is 147 cm³/mol. The van der Waals surface area contributed by atoms with Crippen LogP contribution < -0.4 is 9.64 Å². The molecule has 1 aromatic carbocycles. The topological polar surface area (TPSA) is 24.9 Å². The molecule has 0 amide bonds. The molecule has 0 bridgehead atoms. The first kappa shape index (κ1) is 27.1. The third kappa shape index (κ3) is 6.47. The summed E-state index contributed by atoms with van der Waals surface area (Å²) in [6, 6.07) is 6.23. The van der Waals surface area contributed by atoms with E-state index in [0.717, 1.165) is 70.1 Å². The van der Waals surface area contributed by atoms with Crippen molar-refractivity contribution in [3.63, 3.8) is 0 Å². The van der Waals surface area contributed by atoms with E-state index in [1.54, 1.807) is 7.11 Å². The SMILES string of the molecule is C=C1/C(=C\N(C)C)C/C(=C(/C)C(O/C(C)=C\C)=C(C)C)N(/C=C/CCC)c2ccc(OC)cc21. The Bertz CT molecular complexity index is 1050. The summed E-state index contributed by atoms with van der Waals surface area (Å²) in [5, 5.41) is 0. The van der Waals surface area contributed by atoms with Crippen LogP contribution in [0, 0.1) is 0 Å². The minimum atomic E-state index is 0.728. The predicted octanol–water partition coefficient (Wildman–Crippen LogP) is 8.19. The van der Waals surface area contributed by atoms with Gasteiger partial charge in [0.25, 0.3) is 0 Å². The fourth-order valence-electron chi connectivity index (χ4n) is 3.95. The lowest BCUT2D eigenvalue weighted by molar-refractivity contribution is 0.310. The Morgan fingerprint density at radius 3 is 2.44 bits per heavy atom. The summed E-state index contributed by atoms with van der Waals surface area (Å²) in [6.45, 7) is 17.1. The first-order valence-electron chi connectivity index (χ1n) is 12.0. The molecule has 4 nitrogen and oxygen atoms in total. The van der Waals surface area contributed by atoms with E-state index in [4.69, 9.17) is 9.47 Å². The number of hydrogen-bond donors (Lipinski definition) is 0. The summed E-state index contributed by atoms with van der Waals surface area (Å²) in [7, 11) is 5.80. The molecular weight excluding hydrogens is 420 g/mol. The molecule has 1 heterocycles. The standard InChI is InChI=1S/C30H42N2O2/c1-11-13-14-17-32-28-16-15-26(33-10)19-27(28)23(6)25(20-31(8)9)18-29(32)24(7)30(21(3)4)34-22(5)12-2/h12,14-17,19-20H,6,11,13,18H2,1-5,7-10H3/b17-14+,22-12-,25-20-,29-24+. The summed E-state index contributed by atoms with van der Waals surface area (Å²) >= 11 is 0. The normalized spacial score (nSPS) is 17.0. The van der Waals surface area contributed by atoms with Gasteiger partial charge in [-0.3, -0.25) is 0 Å². The zero-order valence-electron chi connectivity index (χ0n) is 22.6. The number of unbranched alkanes of at least 4 members (excludes halogenated alkanes) is 1. The molecule has 0 aliphatic carbocycles. The van der Waals surface area contributed by atoms with Crippen molar-refractivity contribution < 1.29 is 9.47 Å². The minimum Gasteiger partial charge on any atom is -0.497 e. The zero-order chi connectivity index (χ0) is 25.4. The van der Waals surface area contributed by atoms with E-state index in [-0.39, 0.29) is 0 Å². The van der Waals surface area contributed by atoms with Crippen molar-refractivity contribution in [1.29, 1.82) is 0 Å². The number of benzene rings is 1. The van der Waals surface area contributed by atoms with E-state index in [2.05, 4.69) is 74.7 Å². The fourth-order valence-corrected chi connectivity index (χ4v) is 3.95. The Balaban J connectivity index is 2.90. The van der Waals surface area contributed by atoms with Gasteiger partial charge in [-0.25, -0.2) is 0 Å². The monoisotopic (exact) mass is 462 g/mol. The highest BCUT2D eigenvalue weighted by atomic mass is 16.5. The molecule has 4 heteroatoms. The molecule has 0 saturated heterocycles. The zero-order valence-corrected chi connectivity index (χ0v) is 22.6. The van der Waals surface area contributed by atoms with Crippen molar-refractivity contribution in [3.05, 3.63) is 88.8 Å². The molecule has 0 N–H and O–H groups in total. The molecule has 0 radical (unpaired) electrons.